The molecular weight excluding hydrogens is 278 g/mol. The van der Waals surface area contributed by atoms with Gasteiger partial charge in [-0.1, -0.05) is 19.1 Å². The van der Waals surface area contributed by atoms with Crippen LogP contribution in [0.1, 0.15) is 25.3 Å². The molecule has 2 heterocycles. The monoisotopic (exact) mass is 301 g/mol. The van der Waals surface area contributed by atoms with Gasteiger partial charge in [-0.25, -0.2) is 0 Å². The van der Waals surface area contributed by atoms with E-state index in [2.05, 4.69) is 17.6 Å². The molecule has 22 heavy (non-hydrogen) atoms. The van der Waals surface area contributed by atoms with Gasteiger partial charge in [0.15, 0.2) is 0 Å². The summed E-state index contributed by atoms with van der Waals surface area (Å²) >= 11 is 0. The Bertz CT molecular complexity index is 550. The molecule has 2 unspecified atom stereocenters. The van der Waals surface area contributed by atoms with Crippen molar-refractivity contribution in [2.75, 3.05) is 24.5 Å². The van der Waals surface area contributed by atoms with E-state index in [1.165, 1.54) is 5.56 Å². The van der Waals surface area contributed by atoms with Gasteiger partial charge in [0.05, 0.1) is 5.92 Å². The summed E-state index contributed by atoms with van der Waals surface area (Å²) in [5.74, 6) is -0.192. The van der Waals surface area contributed by atoms with E-state index in [4.69, 9.17) is 0 Å². The number of hydrogen-bond donors (Lipinski definition) is 2. The number of anilines is 1. The van der Waals surface area contributed by atoms with Crippen molar-refractivity contribution in [1.82, 2.24) is 10.6 Å². The van der Waals surface area contributed by atoms with Gasteiger partial charge in [0.25, 0.3) is 0 Å². The van der Waals surface area contributed by atoms with Crippen LogP contribution in [0.3, 0.4) is 0 Å². The minimum absolute atomic E-state index is 0.00901. The Kier molecular flexibility index (Phi) is 4.43. The first kappa shape index (κ1) is 15.0. The predicted molar refractivity (Wildman–Crippen MR) is 85.7 cm³/mol. The summed E-state index contributed by atoms with van der Waals surface area (Å²) < 4.78 is 0. The molecule has 118 valence electrons. The topological polar surface area (TPSA) is 61.4 Å². The Labute approximate surface area is 131 Å². The molecule has 0 aromatic heterocycles. The predicted octanol–water partition coefficient (Wildman–Crippen LogP) is 1.08. The Morgan fingerprint density at radius 1 is 1.36 bits per heavy atom. The van der Waals surface area contributed by atoms with Crippen molar-refractivity contribution >= 4 is 17.5 Å². The maximum absolute atomic E-state index is 12.3. The molecule has 0 radical (unpaired) electrons. The second kappa shape index (κ2) is 6.48. The number of nitrogens with one attached hydrogen (secondary N) is 2. The fourth-order valence-electron chi connectivity index (χ4n) is 3.14. The summed E-state index contributed by atoms with van der Waals surface area (Å²) in [4.78, 5) is 26.3. The first-order valence-electron chi connectivity index (χ1n) is 8.07. The Balaban J connectivity index is 1.63. The minimum Gasteiger partial charge on any atom is -0.352 e. The van der Waals surface area contributed by atoms with Gasteiger partial charge in [-0.3, -0.25) is 9.59 Å². The fourth-order valence-corrected chi connectivity index (χ4v) is 3.14. The van der Waals surface area contributed by atoms with Gasteiger partial charge in [0, 0.05) is 31.2 Å². The number of hydrogen-bond acceptors (Lipinski definition) is 3. The van der Waals surface area contributed by atoms with Crippen molar-refractivity contribution in [3.63, 3.8) is 0 Å². The van der Waals surface area contributed by atoms with Crippen LogP contribution in [-0.2, 0) is 16.0 Å². The number of carbonyl (C=O) groups is 2. The van der Waals surface area contributed by atoms with Gasteiger partial charge in [0.2, 0.25) is 11.8 Å². The van der Waals surface area contributed by atoms with E-state index in [-0.39, 0.29) is 23.8 Å². The highest BCUT2D eigenvalue weighted by atomic mass is 16.2. The van der Waals surface area contributed by atoms with Crippen molar-refractivity contribution in [1.29, 1.82) is 0 Å². The van der Waals surface area contributed by atoms with E-state index >= 15 is 0 Å². The summed E-state index contributed by atoms with van der Waals surface area (Å²) in [6, 6.07) is 8.23. The summed E-state index contributed by atoms with van der Waals surface area (Å²) in [5, 5.41) is 6.28. The molecule has 5 heteroatoms. The number of benzene rings is 1. The average Bonchev–Trinajstić information content (AvgIpc) is 3.17. The molecule has 2 saturated heterocycles. The molecule has 5 nitrogen and oxygen atoms in total. The average molecular weight is 301 g/mol. The fraction of sp³-hybridized carbons (Fsp3) is 0.529. The zero-order valence-corrected chi connectivity index (χ0v) is 13.0. The second-order valence-corrected chi connectivity index (χ2v) is 6.12. The van der Waals surface area contributed by atoms with Crippen LogP contribution >= 0.6 is 0 Å². The number of nitrogens with zero attached hydrogens (tertiary/aromatic N) is 1. The highest BCUT2D eigenvalue weighted by Crippen LogP contribution is 2.25. The molecule has 0 aliphatic carbocycles. The van der Waals surface area contributed by atoms with Crippen molar-refractivity contribution < 1.29 is 9.59 Å². The molecule has 2 N–H and O–H groups in total. The van der Waals surface area contributed by atoms with E-state index < -0.39 is 0 Å². The van der Waals surface area contributed by atoms with Crippen LogP contribution < -0.4 is 15.5 Å². The van der Waals surface area contributed by atoms with Crippen LogP contribution in [0.4, 0.5) is 5.69 Å². The van der Waals surface area contributed by atoms with E-state index in [0.29, 0.717) is 13.0 Å². The Morgan fingerprint density at radius 3 is 2.77 bits per heavy atom. The SMILES string of the molecule is CCc1ccc(N2CC(C(=O)NC3CCNC3)CC2=O)cc1. The first-order chi connectivity index (χ1) is 10.7. The van der Waals surface area contributed by atoms with Crippen LogP contribution in [0.2, 0.25) is 0 Å². The third-order valence-electron chi connectivity index (χ3n) is 4.56. The normalized spacial score (nSPS) is 24.8. The summed E-state index contributed by atoms with van der Waals surface area (Å²) in [6.07, 6.45) is 2.25. The van der Waals surface area contributed by atoms with E-state index in [0.717, 1.165) is 31.6 Å². The lowest BCUT2D eigenvalue weighted by atomic mass is 10.1. The summed E-state index contributed by atoms with van der Waals surface area (Å²) in [5.41, 5.74) is 2.14. The highest BCUT2D eigenvalue weighted by Gasteiger charge is 2.35. The lowest BCUT2D eigenvalue weighted by Crippen LogP contribution is -2.40. The molecule has 0 spiro atoms. The molecular formula is C17H23N3O2. The number of rotatable bonds is 4. The maximum atomic E-state index is 12.3. The van der Waals surface area contributed by atoms with Gasteiger partial charge in [-0.2, -0.15) is 0 Å². The molecule has 1 aromatic rings. The Morgan fingerprint density at radius 2 is 2.14 bits per heavy atom. The smallest absolute Gasteiger partial charge is 0.227 e. The molecule has 0 saturated carbocycles. The van der Waals surface area contributed by atoms with Crippen molar-refractivity contribution in [3.05, 3.63) is 29.8 Å². The summed E-state index contributed by atoms with van der Waals surface area (Å²) in [6.45, 7) is 4.36. The number of carbonyl (C=O) groups excluding carboxylic acids is 2. The quantitative estimate of drug-likeness (QED) is 0.875. The molecule has 2 atom stereocenters. The Hall–Kier alpha value is -1.88. The van der Waals surface area contributed by atoms with Gasteiger partial charge >= 0.3 is 0 Å². The van der Waals surface area contributed by atoms with Gasteiger partial charge < -0.3 is 15.5 Å². The van der Waals surface area contributed by atoms with Gasteiger partial charge in [-0.15, -0.1) is 0 Å². The molecule has 3 rings (SSSR count). The van der Waals surface area contributed by atoms with E-state index in [1.807, 2.05) is 24.3 Å². The minimum atomic E-state index is -0.237. The van der Waals surface area contributed by atoms with Crippen LogP contribution in [0.15, 0.2) is 24.3 Å². The molecule has 2 amide bonds. The van der Waals surface area contributed by atoms with Gasteiger partial charge in [0.1, 0.15) is 0 Å². The largest absolute Gasteiger partial charge is 0.352 e. The number of aryl methyl sites for hydroxylation is 1. The lowest BCUT2D eigenvalue weighted by Gasteiger charge is -2.18. The van der Waals surface area contributed by atoms with Crippen LogP contribution in [0.5, 0.6) is 0 Å². The van der Waals surface area contributed by atoms with Crippen molar-refractivity contribution in [3.8, 4) is 0 Å². The van der Waals surface area contributed by atoms with E-state index in [9.17, 15) is 9.59 Å². The molecule has 0 bridgehead atoms. The molecule has 1 aromatic carbocycles. The van der Waals surface area contributed by atoms with Crippen LogP contribution in [0.25, 0.3) is 0 Å². The lowest BCUT2D eigenvalue weighted by molar-refractivity contribution is -0.126. The standard InChI is InChI=1S/C17H23N3O2/c1-2-12-3-5-15(6-4-12)20-11-13(9-16(20)21)17(22)19-14-7-8-18-10-14/h3-6,13-14,18H,2,7-11H2,1H3,(H,19,22). The van der Waals surface area contributed by atoms with Crippen LogP contribution in [0, 0.1) is 5.92 Å². The van der Waals surface area contributed by atoms with Crippen molar-refractivity contribution in [2.45, 2.75) is 32.2 Å². The van der Waals surface area contributed by atoms with Crippen LogP contribution in [-0.4, -0.2) is 37.5 Å². The third kappa shape index (κ3) is 3.14. The summed E-state index contributed by atoms with van der Waals surface area (Å²) in [7, 11) is 0. The zero-order valence-electron chi connectivity index (χ0n) is 13.0. The first-order valence-corrected chi connectivity index (χ1v) is 8.07. The number of amides is 2. The highest BCUT2D eigenvalue weighted by molar-refractivity contribution is 6.00. The molecule has 2 aliphatic heterocycles. The second-order valence-electron chi connectivity index (χ2n) is 6.12. The van der Waals surface area contributed by atoms with E-state index in [1.54, 1.807) is 4.90 Å². The van der Waals surface area contributed by atoms with Gasteiger partial charge in [-0.05, 0) is 37.1 Å². The third-order valence-corrected chi connectivity index (χ3v) is 4.56. The van der Waals surface area contributed by atoms with Crippen molar-refractivity contribution in [2.24, 2.45) is 5.92 Å². The molecule has 2 aliphatic rings. The maximum Gasteiger partial charge on any atom is 0.227 e. The zero-order chi connectivity index (χ0) is 15.5. The molecule has 2 fully saturated rings.